The summed E-state index contributed by atoms with van der Waals surface area (Å²) in [6, 6.07) is 78.5. The van der Waals surface area contributed by atoms with Crippen LogP contribution in [0.15, 0.2) is 212 Å². The van der Waals surface area contributed by atoms with Crippen molar-refractivity contribution in [1.82, 2.24) is 14.5 Å². The van der Waals surface area contributed by atoms with E-state index in [0.717, 1.165) is 33.2 Å². The Hall–Kier alpha value is -7.88. The Morgan fingerprint density at radius 2 is 0.803 bits per heavy atom. The number of para-hydroxylation sites is 2. The zero-order valence-corrected chi connectivity index (χ0v) is 33.0. The third kappa shape index (κ3) is 3.95. The summed E-state index contributed by atoms with van der Waals surface area (Å²) in [6.07, 6.45) is 0. The fraction of sp³-hybridized carbons (Fsp3) is 0.0345. The second-order valence-electron chi connectivity index (χ2n) is 16.7. The molecule has 0 aliphatic heterocycles. The van der Waals surface area contributed by atoms with Crippen LogP contribution in [0.25, 0.3) is 72.2 Å². The molecular formula is C58H35N3. The molecule has 0 amide bonds. The average molecular weight is 774 g/mol. The van der Waals surface area contributed by atoms with Crippen LogP contribution < -0.4 is 0 Å². The first-order valence-electron chi connectivity index (χ1n) is 21.2. The molecule has 11 aromatic rings. The van der Waals surface area contributed by atoms with Crippen LogP contribution in [0.1, 0.15) is 44.5 Å². The van der Waals surface area contributed by atoms with Crippen molar-refractivity contribution in [1.29, 1.82) is 0 Å². The minimum absolute atomic E-state index is 0.491. The molecule has 0 bridgehead atoms. The summed E-state index contributed by atoms with van der Waals surface area (Å²) in [7, 11) is 0. The van der Waals surface area contributed by atoms with Gasteiger partial charge in [0.05, 0.1) is 33.1 Å². The van der Waals surface area contributed by atoms with Crippen LogP contribution in [0.2, 0.25) is 0 Å². The third-order valence-corrected chi connectivity index (χ3v) is 14.1. The molecule has 0 atom stereocenters. The lowest BCUT2D eigenvalue weighted by molar-refractivity contribution is 0.633. The molecule has 0 saturated carbocycles. The van der Waals surface area contributed by atoms with Crippen LogP contribution in [-0.4, -0.2) is 14.5 Å². The highest BCUT2D eigenvalue weighted by Gasteiger charge is 2.59. The largest absolute Gasteiger partial charge is 0.277 e. The van der Waals surface area contributed by atoms with Gasteiger partial charge in [-0.3, -0.25) is 4.57 Å². The number of aromatic nitrogens is 3. The van der Waals surface area contributed by atoms with Crippen LogP contribution >= 0.6 is 0 Å². The fourth-order valence-electron chi connectivity index (χ4n) is 12.0. The van der Waals surface area contributed by atoms with E-state index in [4.69, 9.17) is 9.97 Å². The average Bonchev–Trinajstić information content (AvgIpc) is 3.94. The predicted octanol–water partition coefficient (Wildman–Crippen LogP) is 13.4. The number of rotatable bonds is 2. The standard InChI is InChI=1S/C58H35N3/c1-2-18-36(19-3-1)54-42-24-7-16-32-51(42)59-56(60-54)61-52-33-17-8-22-39(52)40-34-35-50-53(55(40)61)41-23-6-11-27-45(41)58(50)48-30-14-12-28-46(48)57(47-29-13-15-31-49(47)58)43-25-9-4-20-37(43)38-21-5-10-26-44(38)57/h1-35H. The molecule has 0 N–H and O–H groups in total. The Morgan fingerprint density at radius 1 is 0.328 bits per heavy atom. The van der Waals surface area contributed by atoms with Crippen LogP contribution in [0.3, 0.4) is 0 Å². The second kappa shape index (κ2) is 11.9. The van der Waals surface area contributed by atoms with E-state index in [1.807, 2.05) is 0 Å². The van der Waals surface area contributed by atoms with E-state index in [1.54, 1.807) is 0 Å². The molecule has 0 unspecified atom stereocenters. The minimum atomic E-state index is -0.605. The lowest BCUT2D eigenvalue weighted by atomic mass is 9.52. The van der Waals surface area contributed by atoms with Crippen LogP contribution in [0.4, 0.5) is 0 Å². The first kappa shape index (κ1) is 33.0. The van der Waals surface area contributed by atoms with Gasteiger partial charge in [-0.2, -0.15) is 0 Å². The molecule has 0 saturated heterocycles. The summed E-state index contributed by atoms with van der Waals surface area (Å²) in [5.41, 5.74) is 19.7. The Kier molecular flexibility index (Phi) is 6.42. The summed E-state index contributed by atoms with van der Waals surface area (Å²) in [5.74, 6) is 0.665. The van der Waals surface area contributed by atoms with Crippen LogP contribution in [0, 0.1) is 0 Å². The molecular weight excluding hydrogens is 739 g/mol. The van der Waals surface area contributed by atoms with Gasteiger partial charge in [-0.05, 0) is 73.3 Å². The zero-order valence-electron chi connectivity index (χ0n) is 33.0. The van der Waals surface area contributed by atoms with Gasteiger partial charge in [0.1, 0.15) is 0 Å². The van der Waals surface area contributed by atoms with Crippen LogP contribution in [0.5, 0.6) is 0 Å². The van der Waals surface area contributed by atoms with Gasteiger partial charge in [0, 0.05) is 27.3 Å². The maximum Gasteiger partial charge on any atom is 0.235 e. The Morgan fingerprint density at radius 3 is 1.44 bits per heavy atom. The van der Waals surface area contributed by atoms with Gasteiger partial charge in [-0.15, -0.1) is 0 Å². The van der Waals surface area contributed by atoms with Gasteiger partial charge in [-0.25, -0.2) is 9.97 Å². The van der Waals surface area contributed by atoms with E-state index in [2.05, 4.69) is 217 Å². The minimum Gasteiger partial charge on any atom is -0.277 e. The Bertz CT molecular complexity index is 3570. The topological polar surface area (TPSA) is 30.7 Å². The van der Waals surface area contributed by atoms with E-state index in [9.17, 15) is 0 Å². The van der Waals surface area contributed by atoms with Crippen molar-refractivity contribution in [3.8, 4) is 39.5 Å². The first-order valence-corrected chi connectivity index (χ1v) is 21.2. The van der Waals surface area contributed by atoms with Gasteiger partial charge < -0.3 is 0 Å². The molecule has 0 fully saturated rings. The Balaban J connectivity index is 1.15. The van der Waals surface area contributed by atoms with E-state index in [1.165, 1.54) is 77.5 Å². The summed E-state index contributed by atoms with van der Waals surface area (Å²) < 4.78 is 2.35. The molecule has 3 nitrogen and oxygen atoms in total. The van der Waals surface area contributed by atoms with Gasteiger partial charge in [0.25, 0.3) is 0 Å². The maximum atomic E-state index is 5.51. The fourth-order valence-corrected chi connectivity index (χ4v) is 12.0. The molecule has 14 rings (SSSR count). The van der Waals surface area contributed by atoms with E-state index >= 15 is 0 Å². The van der Waals surface area contributed by atoms with E-state index in [-0.39, 0.29) is 0 Å². The maximum absolute atomic E-state index is 5.51. The van der Waals surface area contributed by atoms with Crippen LogP contribution in [-0.2, 0) is 10.8 Å². The molecule has 2 aromatic heterocycles. The monoisotopic (exact) mass is 773 g/mol. The summed E-state index contributed by atoms with van der Waals surface area (Å²) >= 11 is 0. The van der Waals surface area contributed by atoms with Crippen molar-refractivity contribution in [2.45, 2.75) is 10.8 Å². The number of fused-ring (bicyclic) bond motifs is 21. The molecule has 2 heterocycles. The SMILES string of the molecule is c1ccc(-c2nc(-n3c4ccccc4c4ccc5c(c43)-c3ccccc3C53c4ccccc4C4(c5ccccc5-c5ccccc54)c4ccccc43)nc3ccccc23)cc1. The molecule has 3 aliphatic rings. The highest BCUT2D eigenvalue weighted by molar-refractivity contribution is 6.16. The van der Waals surface area contributed by atoms with Crippen molar-refractivity contribution >= 4 is 32.7 Å². The van der Waals surface area contributed by atoms with Gasteiger partial charge in [0.2, 0.25) is 5.95 Å². The lowest BCUT2D eigenvalue weighted by Gasteiger charge is -2.48. The first-order chi connectivity index (χ1) is 30.3. The summed E-state index contributed by atoms with van der Waals surface area (Å²) in [5, 5.41) is 3.40. The molecule has 282 valence electrons. The second-order valence-corrected chi connectivity index (χ2v) is 16.7. The third-order valence-electron chi connectivity index (χ3n) is 14.1. The number of nitrogens with zero attached hydrogens (tertiary/aromatic N) is 3. The van der Waals surface area contributed by atoms with Crippen molar-refractivity contribution in [3.05, 3.63) is 257 Å². The van der Waals surface area contributed by atoms with Crippen molar-refractivity contribution in [3.63, 3.8) is 0 Å². The summed E-state index contributed by atoms with van der Waals surface area (Å²) in [6.45, 7) is 0. The molecule has 61 heavy (non-hydrogen) atoms. The smallest absolute Gasteiger partial charge is 0.235 e. The number of benzene rings is 9. The Labute approximate surface area is 352 Å². The normalized spacial score (nSPS) is 14.5. The molecule has 3 heteroatoms. The van der Waals surface area contributed by atoms with E-state index in [0.29, 0.717) is 5.95 Å². The highest BCUT2D eigenvalue weighted by Crippen LogP contribution is 2.68. The zero-order chi connectivity index (χ0) is 39.9. The van der Waals surface area contributed by atoms with Gasteiger partial charge in [0.15, 0.2) is 0 Å². The van der Waals surface area contributed by atoms with Gasteiger partial charge in [-0.1, -0.05) is 200 Å². The number of hydrogen-bond acceptors (Lipinski definition) is 2. The van der Waals surface area contributed by atoms with E-state index < -0.39 is 10.8 Å². The molecule has 2 spiro atoms. The quantitative estimate of drug-likeness (QED) is 0.175. The van der Waals surface area contributed by atoms with Gasteiger partial charge >= 0.3 is 0 Å². The highest BCUT2D eigenvalue weighted by atomic mass is 15.2. The molecule has 0 radical (unpaired) electrons. The van der Waals surface area contributed by atoms with Crippen molar-refractivity contribution < 1.29 is 0 Å². The summed E-state index contributed by atoms with van der Waals surface area (Å²) in [4.78, 5) is 10.9. The molecule has 9 aromatic carbocycles. The molecule has 3 aliphatic carbocycles. The lowest BCUT2D eigenvalue weighted by Crippen LogP contribution is -2.43. The van der Waals surface area contributed by atoms with Crippen molar-refractivity contribution in [2.24, 2.45) is 0 Å². The van der Waals surface area contributed by atoms with Crippen molar-refractivity contribution in [2.75, 3.05) is 0 Å². The predicted molar refractivity (Wildman–Crippen MR) is 247 cm³/mol. The number of hydrogen-bond donors (Lipinski definition) is 0.